The van der Waals surface area contributed by atoms with E-state index in [2.05, 4.69) is 35.0 Å². The van der Waals surface area contributed by atoms with E-state index in [1.54, 1.807) is 0 Å². The Morgan fingerprint density at radius 2 is 2.05 bits per heavy atom. The Labute approximate surface area is 125 Å². The van der Waals surface area contributed by atoms with E-state index in [1.807, 2.05) is 37.8 Å². The standard InChI is InChI=1S/C16H24N4O/c1-11(2)20-9-14(7-17-20)8-19(5)10-15-6-12(3)13(4)18-16(15)21/h6-7,9,11H,8,10H2,1-5H3,(H,18,21). The molecule has 0 aromatic carbocycles. The van der Waals surface area contributed by atoms with Gasteiger partial charge in [0, 0.05) is 42.1 Å². The summed E-state index contributed by atoms with van der Waals surface area (Å²) in [6.07, 6.45) is 3.95. The second kappa shape index (κ2) is 6.26. The van der Waals surface area contributed by atoms with E-state index in [-0.39, 0.29) is 5.56 Å². The first-order valence-corrected chi connectivity index (χ1v) is 7.27. The van der Waals surface area contributed by atoms with Crippen LogP contribution >= 0.6 is 0 Å². The first-order chi connectivity index (χ1) is 9.86. The summed E-state index contributed by atoms with van der Waals surface area (Å²) < 4.78 is 1.95. The van der Waals surface area contributed by atoms with Crippen molar-refractivity contribution in [1.29, 1.82) is 0 Å². The molecule has 2 aromatic heterocycles. The second-order valence-corrected chi connectivity index (χ2v) is 6.03. The maximum Gasteiger partial charge on any atom is 0.252 e. The summed E-state index contributed by atoms with van der Waals surface area (Å²) in [4.78, 5) is 17.0. The van der Waals surface area contributed by atoms with Crippen LogP contribution in [0, 0.1) is 13.8 Å². The number of rotatable bonds is 5. The van der Waals surface area contributed by atoms with Crippen LogP contribution in [-0.2, 0) is 13.1 Å². The minimum atomic E-state index is 0.00262. The van der Waals surface area contributed by atoms with E-state index in [0.29, 0.717) is 12.6 Å². The van der Waals surface area contributed by atoms with Crippen LogP contribution in [-0.4, -0.2) is 26.7 Å². The molecule has 0 saturated carbocycles. The maximum atomic E-state index is 12.0. The van der Waals surface area contributed by atoms with Gasteiger partial charge >= 0.3 is 0 Å². The van der Waals surface area contributed by atoms with Gasteiger partial charge in [0.25, 0.3) is 5.56 Å². The third kappa shape index (κ3) is 3.82. The number of nitrogens with one attached hydrogen (secondary N) is 1. The lowest BCUT2D eigenvalue weighted by Crippen LogP contribution is -2.23. The number of aryl methyl sites for hydroxylation is 2. The molecule has 5 nitrogen and oxygen atoms in total. The summed E-state index contributed by atoms with van der Waals surface area (Å²) in [6, 6.07) is 2.34. The highest BCUT2D eigenvalue weighted by molar-refractivity contribution is 5.23. The monoisotopic (exact) mass is 288 g/mol. The minimum absolute atomic E-state index is 0.00262. The molecule has 0 aliphatic heterocycles. The number of hydrogen-bond donors (Lipinski definition) is 1. The van der Waals surface area contributed by atoms with Crippen LogP contribution in [0.5, 0.6) is 0 Å². The van der Waals surface area contributed by atoms with Crippen LogP contribution in [0.25, 0.3) is 0 Å². The molecule has 0 aliphatic carbocycles. The average molecular weight is 288 g/mol. The Balaban J connectivity index is 2.06. The minimum Gasteiger partial charge on any atom is -0.326 e. The molecule has 0 spiro atoms. The number of aromatic nitrogens is 3. The molecular weight excluding hydrogens is 264 g/mol. The Morgan fingerprint density at radius 1 is 1.33 bits per heavy atom. The summed E-state index contributed by atoms with van der Waals surface area (Å²) >= 11 is 0. The SMILES string of the molecule is Cc1cc(CN(C)Cc2cnn(C(C)C)c2)c(=O)[nH]c1C. The van der Waals surface area contributed by atoms with Gasteiger partial charge in [0.2, 0.25) is 0 Å². The third-order valence-corrected chi connectivity index (χ3v) is 3.65. The Hall–Kier alpha value is -1.88. The molecule has 2 heterocycles. The van der Waals surface area contributed by atoms with E-state index in [0.717, 1.165) is 28.9 Å². The van der Waals surface area contributed by atoms with E-state index >= 15 is 0 Å². The zero-order chi connectivity index (χ0) is 15.6. The summed E-state index contributed by atoms with van der Waals surface area (Å²) in [5, 5.41) is 4.34. The summed E-state index contributed by atoms with van der Waals surface area (Å²) in [6.45, 7) is 9.55. The molecule has 1 N–H and O–H groups in total. The van der Waals surface area contributed by atoms with Crippen molar-refractivity contribution in [1.82, 2.24) is 19.7 Å². The summed E-state index contributed by atoms with van der Waals surface area (Å²) in [7, 11) is 2.02. The van der Waals surface area contributed by atoms with Crippen molar-refractivity contribution in [3.63, 3.8) is 0 Å². The molecule has 2 aromatic rings. The Bertz CT molecular complexity index is 669. The molecule has 2 rings (SSSR count). The van der Waals surface area contributed by atoms with E-state index in [4.69, 9.17) is 0 Å². The van der Waals surface area contributed by atoms with Gasteiger partial charge in [-0.25, -0.2) is 0 Å². The van der Waals surface area contributed by atoms with Gasteiger partial charge in [0.1, 0.15) is 0 Å². The van der Waals surface area contributed by atoms with Crippen molar-refractivity contribution in [3.05, 3.63) is 51.2 Å². The van der Waals surface area contributed by atoms with Gasteiger partial charge < -0.3 is 4.98 Å². The van der Waals surface area contributed by atoms with Gasteiger partial charge in [0.15, 0.2) is 0 Å². The topological polar surface area (TPSA) is 53.9 Å². The lowest BCUT2D eigenvalue weighted by molar-refractivity contribution is 0.317. The quantitative estimate of drug-likeness (QED) is 0.919. The highest BCUT2D eigenvalue weighted by Crippen LogP contribution is 2.10. The van der Waals surface area contributed by atoms with E-state index < -0.39 is 0 Å². The molecule has 0 bridgehead atoms. The summed E-state index contributed by atoms with van der Waals surface area (Å²) in [5.41, 5.74) is 4.02. The van der Waals surface area contributed by atoms with Crippen molar-refractivity contribution >= 4 is 0 Å². The highest BCUT2D eigenvalue weighted by Gasteiger charge is 2.09. The molecule has 21 heavy (non-hydrogen) atoms. The number of pyridine rings is 1. The molecular formula is C16H24N4O. The molecule has 0 unspecified atom stereocenters. The molecule has 114 valence electrons. The van der Waals surface area contributed by atoms with E-state index in [9.17, 15) is 4.79 Å². The van der Waals surface area contributed by atoms with Crippen molar-refractivity contribution in [2.75, 3.05) is 7.05 Å². The number of nitrogens with zero attached hydrogens (tertiary/aromatic N) is 3. The fourth-order valence-corrected chi connectivity index (χ4v) is 2.30. The predicted octanol–water partition coefficient (Wildman–Crippen LogP) is 2.40. The predicted molar refractivity (Wildman–Crippen MR) is 84.3 cm³/mol. The normalized spacial score (nSPS) is 11.6. The largest absolute Gasteiger partial charge is 0.326 e. The fraction of sp³-hybridized carbons (Fsp3) is 0.500. The van der Waals surface area contributed by atoms with E-state index in [1.165, 1.54) is 0 Å². The molecule has 5 heteroatoms. The van der Waals surface area contributed by atoms with Crippen LogP contribution in [0.1, 0.15) is 42.3 Å². The van der Waals surface area contributed by atoms with Crippen LogP contribution < -0.4 is 5.56 Å². The van der Waals surface area contributed by atoms with Crippen LogP contribution in [0.3, 0.4) is 0 Å². The fourth-order valence-electron chi connectivity index (χ4n) is 2.30. The van der Waals surface area contributed by atoms with Crippen molar-refractivity contribution < 1.29 is 0 Å². The van der Waals surface area contributed by atoms with Gasteiger partial charge in [-0.3, -0.25) is 14.4 Å². The van der Waals surface area contributed by atoms with Gasteiger partial charge in [-0.05, 0) is 46.4 Å². The van der Waals surface area contributed by atoms with Gasteiger partial charge in [-0.2, -0.15) is 5.10 Å². The zero-order valence-electron chi connectivity index (χ0n) is 13.5. The molecule has 0 aliphatic rings. The van der Waals surface area contributed by atoms with Crippen molar-refractivity contribution in [2.24, 2.45) is 0 Å². The molecule has 0 atom stereocenters. The van der Waals surface area contributed by atoms with Gasteiger partial charge in [-0.15, -0.1) is 0 Å². The molecule has 0 saturated heterocycles. The van der Waals surface area contributed by atoms with Crippen molar-refractivity contribution in [3.8, 4) is 0 Å². The average Bonchev–Trinajstić information content (AvgIpc) is 2.84. The molecule has 0 amide bonds. The van der Waals surface area contributed by atoms with Crippen LogP contribution in [0.15, 0.2) is 23.3 Å². The van der Waals surface area contributed by atoms with Crippen LogP contribution in [0.4, 0.5) is 0 Å². The molecule has 0 radical (unpaired) electrons. The first kappa shape index (κ1) is 15.5. The zero-order valence-corrected chi connectivity index (χ0v) is 13.5. The van der Waals surface area contributed by atoms with Gasteiger partial charge in [-0.1, -0.05) is 0 Å². The Kier molecular flexibility index (Phi) is 4.63. The summed E-state index contributed by atoms with van der Waals surface area (Å²) in [5.74, 6) is 0. The smallest absolute Gasteiger partial charge is 0.252 e. The number of H-pyrrole nitrogens is 1. The Morgan fingerprint density at radius 3 is 2.67 bits per heavy atom. The lowest BCUT2D eigenvalue weighted by atomic mass is 10.1. The maximum absolute atomic E-state index is 12.0. The van der Waals surface area contributed by atoms with Crippen molar-refractivity contribution in [2.45, 2.75) is 46.8 Å². The third-order valence-electron chi connectivity index (χ3n) is 3.65. The second-order valence-electron chi connectivity index (χ2n) is 6.03. The molecule has 0 fully saturated rings. The highest BCUT2D eigenvalue weighted by atomic mass is 16.1. The van der Waals surface area contributed by atoms with Crippen LogP contribution in [0.2, 0.25) is 0 Å². The van der Waals surface area contributed by atoms with Gasteiger partial charge in [0.05, 0.1) is 6.20 Å². The number of hydrogen-bond acceptors (Lipinski definition) is 3. The first-order valence-electron chi connectivity index (χ1n) is 7.27. The lowest BCUT2D eigenvalue weighted by Gasteiger charge is -2.16. The number of aromatic amines is 1.